The molecule has 0 unspecified atom stereocenters. The van der Waals surface area contributed by atoms with E-state index in [0.29, 0.717) is 6.54 Å². The zero-order valence-corrected chi connectivity index (χ0v) is 15.3. The van der Waals surface area contributed by atoms with E-state index in [0.717, 1.165) is 12.6 Å². The fourth-order valence-electron chi connectivity index (χ4n) is 1.54. The van der Waals surface area contributed by atoms with Gasteiger partial charge in [-0.1, -0.05) is 41.7 Å². The van der Waals surface area contributed by atoms with E-state index >= 15 is 0 Å². The van der Waals surface area contributed by atoms with Crippen molar-refractivity contribution in [1.82, 2.24) is 15.6 Å². The van der Waals surface area contributed by atoms with Crippen molar-refractivity contribution in [2.45, 2.75) is 26.3 Å². The maximum Gasteiger partial charge on any atom is 0.359 e. The average Bonchev–Trinajstić information content (AvgIpc) is 2.55. The van der Waals surface area contributed by atoms with Gasteiger partial charge in [-0.15, -0.1) is 0 Å². The molecule has 0 radical (unpaired) electrons. The standard InChI is InChI=1S/C14H16Cl3N3O4/c1-3-4-18-13(22)7(2)20-9(21)6-24-14(23)12-11(17)10(16)8(15)5-19-12/h5,7H,3-4,6H2,1-2H3,(H,18,22)(H,20,21)/t7-/m0/s1. The molecule has 1 rings (SSSR count). The Kier molecular flexibility index (Phi) is 8.24. The number of halogens is 3. The summed E-state index contributed by atoms with van der Waals surface area (Å²) in [5.74, 6) is -1.90. The minimum absolute atomic E-state index is 0.0362. The molecule has 2 amide bonds. The van der Waals surface area contributed by atoms with Crippen LogP contribution in [0.15, 0.2) is 6.20 Å². The number of esters is 1. The number of aromatic nitrogens is 1. The number of carbonyl (C=O) groups excluding carboxylic acids is 3. The summed E-state index contributed by atoms with van der Waals surface area (Å²) in [6, 6.07) is -0.755. The van der Waals surface area contributed by atoms with Crippen molar-refractivity contribution in [1.29, 1.82) is 0 Å². The number of hydrogen-bond donors (Lipinski definition) is 2. The number of ether oxygens (including phenoxy) is 1. The summed E-state index contributed by atoms with van der Waals surface area (Å²) in [5, 5.41) is 4.92. The van der Waals surface area contributed by atoms with Crippen LogP contribution in [-0.2, 0) is 14.3 Å². The molecule has 1 aromatic heterocycles. The second-order valence-electron chi connectivity index (χ2n) is 4.74. The Bertz CT molecular complexity index is 640. The molecule has 0 aliphatic rings. The number of nitrogens with zero attached hydrogens (tertiary/aromatic N) is 1. The van der Waals surface area contributed by atoms with Crippen molar-refractivity contribution >= 4 is 52.6 Å². The number of hydrogen-bond acceptors (Lipinski definition) is 5. The lowest BCUT2D eigenvalue weighted by Gasteiger charge is -2.14. The summed E-state index contributed by atoms with van der Waals surface area (Å²) in [7, 11) is 0. The number of amides is 2. The van der Waals surface area contributed by atoms with Gasteiger partial charge in [0.1, 0.15) is 6.04 Å². The normalized spacial score (nSPS) is 11.5. The van der Waals surface area contributed by atoms with E-state index in [1.807, 2.05) is 6.92 Å². The Labute approximate surface area is 154 Å². The minimum Gasteiger partial charge on any atom is -0.451 e. The maximum absolute atomic E-state index is 11.9. The highest BCUT2D eigenvalue weighted by Gasteiger charge is 2.20. The highest BCUT2D eigenvalue weighted by atomic mass is 35.5. The SMILES string of the molecule is CCCNC(=O)[C@H](C)NC(=O)COC(=O)c1ncc(Cl)c(Cl)c1Cl. The van der Waals surface area contributed by atoms with Gasteiger partial charge in [0.15, 0.2) is 12.3 Å². The van der Waals surface area contributed by atoms with Gasteiger partial charge in [-0.25, -0.2) is 9.78 Å². The molecule has 0 spiro atoms. The van der Waals surface area contributed by atoms with Gasteiger partial charge in [-0.2, -0.15) is 0 Å². The van der Waals surface area contributed by atoms with Gasteiger partial charge in [0, 0.05) is 12.7 Å². The van der Waals surface area contributed by atoms with E-state index in [1.54, 1.807) is 0 Å². The van der Waals surface area contributed by atoms with E-state index in [1.165, 1.54) is 6.92 Å². The van der Waals surface area contributed by atoms with Crippen LogP contribution in [0.5, 0.6) is 0 Å². The Morgan fingerprint density at radius 1 is 1.25 bits per heavy atom. The van der Waals surface area contributed by atoms with Gasteiger partial charge in [0.25, 0.3) is 5.91 Å². The van der Waals surface area contributed by atoms with Crippen molar-refractivity contribution in [3.05, 3.63) is 27.0 Å². The molecule has 132 valence electrons. The molecular weight excluding hydrogens is 381 g/mol. The van der Waals surface area contributed by atoms with Crippen molar-refractivity contribution in [3.8, 4) is 0 Å². The molecule has 24 heavy (non-hydrogen) atoms. The minimum atomic E-state index is -0.934. The van der Waals surface area contributed by atoms with Crippen molar-refractivity contribution in [2.24, 2.45) is 0 Å². The third-order valence-electron chi connectivity index (χ3n) is 2.77. The average molecular weight is 397 g/mol. The van der Waals surface area contributed by atoms with Crippen LogP contribution in [0, 0.1) is 0 Å². The third kappa shape index (κ3) is 5.81. The van der Waals surface area contributed by atoms with Crippen LogP contribution < -0.4 is 10.6 Å². The first-order valence-corrected chi connectivity index (χ1v) is 8.15. The van der Waals surface area contributed by atoms with Gasteiger partial charge in [0.2, 0.25) is 5.91 Å². The first kappa shape index (κ1) is 20.5. The number of carbonyl (C=O) groups is 3. The maximum atomic E-state index is 11.9. The van der Waals surface area contributed by atoms with Crippen LogP contribution in [0.4, 0.5) is 0 Å². The molecule has 0 aliphatic heterocycles. The second kappa shape index (κ2) is 9.66. The molecule has 1 atom stereocenters. The fourth-order valence-corrected chi connectivity index (χ4v) is 2.09. The smallest absolute Gasteiger partial charge is 0.359 e. The molecule has 7 nitrogen and oxygen atoms in total. The molecule has 0 saturated heterocycles. The molecule has 0 fully saturated rings. The highest BCUT2D eigenvalue weighted by Crippen LogP contribution is 2.31. The molecular formula is C14H16Cl3N3O4. The van der Waals surface area contributed by atoms with Crippen LogP contribution in [0.25, 0.3) is 0 Å². The summed E-state index contributed by atoms with van der Waals surface area (Å²) in [5.41, 5.74) is -0.257. The third-order valence-corrected chi connectivity index (χ3v) is 4.01. The predicted octanol–water partition coefficient (Wildman–Crippen LogP) is 2.23. The molecule has 1 heterocycles. The van der Waals surface area contributed by atoms with Gasteiger partial charge < -0.3 is 15.4 Å². The fraction of sp³-hybridized carbons (Fsp3) is 0.429. The van der Waals surface area contributed by atoms with Gasteiger partial charge in [-0.3, -0.25) is 9.59 Å². The van der Waals surface area contributed by atoms with E-state index < -0.39 is 24.5 Å². The Morgan fingerprint density at radius 3 is 2.54 bits per heavy atom. The lowest BCUT2D eigenvalue weighted by Crippen LogP contribution is -2.46. The number of pyridine rings is 1. The largest absolute Gasteiger partial charge is 0.451 e. The lowest BCUT2D eigenvalue weighted by atomic mass is 10.3. The van der Waals surface area contributed by atoms with Crippen molar-refractivity contribution in [3.63, 3.8) is 0 Å². The molecule has 1 aromatic rings. The van der Waals surface area contributed by atoms with E-state index in [9.17, 15) is 14.4 Å². The summed E-state index contributed by atoms with van der Waals surface area (Å²) in [6.45, 7) is 3.34. The van der Waals surface area contributed by atoms with Crippen LogP contribution >= 0.6 is 34.8 Å². The first-order valence-electron chi connectivity index (χ1n) is 7.01. The van der Waals surface area contributed by atoms with Gasteiger partial charge >= 0.3 is 5.97 Å². The summed E-state index contributed by atoms with van der Waals surface area (Å²) >= 11 is 17.4. The Balaban J connectivity index is 2.54. The molecule has 0 aliphatic carbocycles. The topological polar surface area (TPSA) is 97.4 Å². The van der Waals surface area contributed by atoms with E-state index in [4.69, 9.17) is 39.5 Å². The summed E-state index contributed by atoms with van der Waals surface area (Å²) < 4.78 is 4.80. The molecule has 0 bridgehead atoms. The second-order valence-corrected chi connectivity index (χ2v) is 5.90. The van der Waals surface area contributed by atoms with Crippen molar-refractivity contribution in [2.75, 3.05) is 13.2 Å². The van der Waals surface area contributed by atoms with Crippen LogP contribution in [0.2, 0.25) is 15.1 Å². The van der Waals surface area contributed by atoms with E-state index in [2.05, 4.69) is 15.6 Å². The predicted molar refractivity (Wildman–Crippen MR) is 90.5 cm³/mol. The number of rotatable bonds is 7. The summed E-state index contributed by atoms with van der Waals surface area (Å²) in [6.07, 6.45) is 1.92. The first-order chi connectivity index (χ1) is 11.3. The van der Waals surface area contributed by atoms with Gasteiger partial charge in [-0.05, 0) is 13.3 Å². The Morgan fingerprint density at radius 2 is 1.92 bits per heavy atom. The van der Waals surface area contributed by atoms with Crippen LogP contribution in [0.3, 0.4) is 0 Å². The molecule has 0 saturated carbocycles. The molecule has 0 aromatic carbocycles. The monoisotopic (exact) mass is 395 g/mol. The quantitative estimate of drug-likeness (QED) is 0.689. The zero-order valence-electron chi connectivity index (χ0n) is 13.0. The number of nitrogens with one attached hydrogen (secondary N) is 2. The molecule has 2 N–H and O–H groups in total. The van der Waals surface area contributed by atoms with Crippen LogP contribution in [-0.4, -0.2) is 42.0 Å². The van der Waals surface area contributed by atoms with Crippen LogP contribution in [0.1, 0.15) is 30.8 Å². The zero-order chi connectivity index (χ0) is 18.3. The highest BCUT2D eigenvalue weighted by molar-refractivity contribution is 6.48. The molecule has 10 heteroatoms. The van der Waals surface area contributed by atoms with Crippen molar-refractivity contribution < 1.29 is 19.1 Å². The Hall–Kier alpha value is -1.57. The van der Waals surface area contributed by atoms with Gasteiger partial charge in [0.05, 0.1) is 15.1 Å². The summed E-state index contributed by atoms with van der Waals surface area (Å²) in [4.78, 5) is 38.9. The van der Waals surface area contributed by atoms with E-state index in [-0.39, 0.29) is 26.7 Å². The lowest BCUT2D eigenvalue weighted by molar-refractivity contribution is -0.130.